The zero-order valence-corrected chi connectivity index (χ0v) is 17.2. The molecule has 0 aromatic carbocycles. The summed E-state index contributed by atoms with van der Waals surface area (Å²) in [5.41, 5.74) is 0. The first-order valence-electron chi connectivity index (χ1n) is 9.98. The van der Waals surface area contributed by atoms with Gasteiger partial charge < -0.3 is 4.74 Å². The van der Waals surface area contributed by atoms with Crippen LogP contribution in [0.4, 0.5) is 0 Å². The van der Waals surface area contributed by atoms with E-state index in [4.69, 9.17) is 27.9 Å². The fraction of sp³-hybridized carbons (Fsp3) is 0.800. The van der Waals surface area contributed by atoms with Gasteiger partial charge >= 0.3 is 0 Å². The second kappa shape index (κ2) is 11.2. The zero-order chi connectivity index (χ0) is 18.1. The Morgan fingerprint density at radius 3 is 2.04 bits per heavy atom. The third-order valence-corrected chi connectivity index (χ3v) is 5.75. The number of unbranched alkanes of at least 4 members (excludes halogenated alkanes) is 2. The van der Waals surface area contributed by atoms with E-state index in [1.54, 1.807) is 0 Å². The minimum atomic E-state index is 0.336. The van der Waals surface area contributed by atoms with Gasteiger partial charge in [-0.05, 0) is 24.7 Å². The Morgan fingerprint density at radius 2 is 1.48 bits per heavy atom. The first kappa shape index (κ1) is 20.8. The van der Waals surface area contributed by atoms with Crippen molar-refractivity contribution in [3.05, 3.63) is 16.1 Å². The van der Waals surface area contributed by atoms with Gasteiger partial charge in [0.05, 0.1) is 6.61 Å². The van der Waals surface area contributed by atoms with Gasteiger partial charge in [-0.1, -0.05) is 88.4 Å². The van der Waals surface area contributed by atoms with Crippen molar-refractivity contribution in [1.82, 2.24) is 9.97 Å². The Hall–Kier alpha value is -0.540. The highest BCUT2D eigenvalue weighted by Gasteiger charge is 2.21. The maximum absolute atomic E-state index is 6.21. The molecule has 0 spiro atoms. The molecule has 3 nitrogen and oxygen atoms in total. The Balaban J connectivity index is 1.76. The molecule has 1 heterocycles. The van der Waals surface area contributed by atoms with Crippen LogP contribution >= 0.6 is 23.2 Å². The van der Waals surface area contributed by atoms with E-state index < -0.39 is 0 Å². The topological polar surface area (TPSA) is 35.0 Å². The highest BCUT2D eigenvalue weighted by Crippen LogP contribution is 2.35. The van der Waals surface area contributed by atoms with Crippen LogP contribution in [0.3, 0.4) is 0 Å². The zero-order valence-electron chi connectivity index (χ0n) is 15.7. The molecule has 0 unspecified atom stereocenters. The van der Waals surface area contributed by atoms with Crippen molar-refractivity contribution in [3.63, 3.8) is 0 Å². The van der Waals surface area contributed by atoms with Crippen LogP contribution < -0.4 is 4.74 Å². The molecule has 1 saturated carbocycles. The fourth-order valence-electron chi connectivity index (χ4n) is 3.70. The summed E-state index contributed by atoms with van der Waals surface area (Å²) in [6.07, 6.45) is 13.9. The van der Waals surface area contributed by atoms with Gasteiger partial charge in [0, 0.05) is 6.42 Å². The van der Waals surface area contributed by atoms with Crippen molar-refractivity contribution >= 4 is 23.2 Å². The van der Waals surface area contributed by atoms with Crippen LogP contribution in [-0.2, 0) is 6.42 Å². The van der Waals surface area contributed by atoms with Gasteiger partial charge in [-0.15, -0.1) is 0 Å². The molecule has 1 aliphatic carbocycles. The fourth-order valence-corrected chi connectivity index (χ4v) is 4.23. The number of aryl methyl sites for hydroxylation is 1. The monoisotopic (exact) mass is 386 g/mol. The lowest BCUT2D eigenvalue weighted by Crippen LogP contribution is -2.15. The minimum absolute atomic E-state index is 0.336. The van der Waals surface area contributed by atoms with Crippen LogP contribution in [0.25, 0.3) is 0 Å². The summed E-state index contributed by atoms with van der Waals surface area (Å²) in [4.78, 5) is 8.76. The standard InChI is InChI=1S/C20H32Cl2N2O/c1-3-5-6-7-15-8-10-16(11-9-15)12-13-17-23-19(21)18(20(22)24-17)25-14-4-2/h15-16H,3-14H2,1-2H3/t15-,16-. The quantitative estimate of drug-likeness (QED) is 0.324. The van der Waals surface area contributed by atoms with Crippen LogP contribution in [-0.4, -0.2) is 16.6 Å². The SMILES string of the molecule is CCCCC[C@H]1CC[C@H](CCc2nc(Cl)c(OCCC)c(Cl)n2)CC1. The predicted octanol–water partition coefficient (Wildman–Crippen LogP) is 6.89. The van der Waals surface area contributed by atoms with Gasteiger partial charge in [0.2, 0.25) is 0 Å². The summed E-state index contributed by atoms with van der Waals surface area (Å²) in [5.74, 6) is 2.91. The third-order valence-electron chi connectivity index (χ3n) is 5.24. The largest absolute Gasteiger partial charge is 0.487 e. The molecule has 1 aliphatic rings. The van der Waals surface area contributed by atoms with Gasteiger partial charge in [0.15, 0.2) is 16.1 Å². The van der Waals surface area contributed by atoms with Gasteiger partial charge in [-0.3, -0.25) is 0 Å². The summed E-state index contributed by atoms with van der Waals surface area (Å²) in [5, 5.41) is 0.672. The van der Waals surface area contributed by atoms with Crippen molar-refractivity contribution in [2.45, 2.75) is 84.5 Å². The normalized spacial score (nSPS) is 20.6. The lowest BCUT2D eigenvalue weighted by Gasteiger charge is -2.28. The average Bonchev–Trinajstić information content (AvgIpc) is 2.61. The molecule has 0 radical (unpaired) electrons. The van der Waals surface area contributed by atoms with Crippen molar-refractivity contribution in [2.24, 2.45) is 11.8 Å². The van der Waals surface area contributed by atoms with E-state index in [-0.39, 0.29) is 0 Å². The van der Waals surface area contributed by atoms with Gasteiger partial charge in [0.25, 0.3) is 0 Å². The Bertz CT molecular complexity index is 493. The Labute approximate surface area is 162 Å². The molecular formula is C20H32Cl2N2O. The molecule has 0 atom stereocenters. The summed E-state index contributed by atoms with van der Waals surface area (Å²) in [6.45, 7) is 4.89. The van der Waals surface area contributed by atoms with Crippen LogP contribution in [0, 0.1) is 11.8 Å². The lowest BCUT2D eigenvalue weighted by atomic mass is 9.78. The van der Waals surface area contributed by atoms with E-state index in [9.17, 15) is 0 Å². The molecule has 142 valence electrons. The molecule has 0 bridgehead atoms. The first-order chi connectivity index (χ1) is 12.1. The molecule has 2 rings (SSSR count). The molecule has 25 heavy (non-hydrogen) atoms. The number of hydrogen-bond acceptors (Lipinski definition) is 3. The molecule has 0 amide bonds. The van der Waals surface area contributed by atoms with Gasteiger partial charge in [0.1, 0.15) is 5.82 Å². The summed E-state index contributed by atoms with van der Waals surface area (Å²) in [7, 11) is 0. The number of halogens is 2. The Kier molecular flexibility index (Phi) is 9.33. The Morgan fingerprint density at radius 1 is 0.880 bits per heavy atom. The number of ether oxygens (including phenoxy) is 1. The van der Waals surface area contributed by atoms with Crippen LogP contribution in [0.2, 0.25) is 10.3 Å². The minimum Gasteiger partial charge on any atom is -0.487 e. The molecule has 1 aromatic heterocycles. The van der Waals surface area contributed by atoms with Gasteiger partial charge in [-0.2, -0.15) is 0 Å². The summed E-state index contributed by atoms with van der Waals surface area (Å²) < 4.78 is 5.53. The van der Waals surface area contributed by atoms with Crippen molar-refractivity contribution in [3.8, 4) is 5.75 Å². The van der Waals surface area contributed by atoms with Crippen molar-refractivity contribution < 1.29 is 4.74 Å². The average molecular weight is 387 g/mol. The van der Waals surface area contributed by atoms with E-state index >= 15 is 0 Å². The number of rotatable bonds is 10. The smallest absolute Gasteiger partial charge is 0.194 e. The highest BCUT2D eigenvalue weighted by molar-refractivity contribution is 6.35. The molecule has 1 aromatic rings. The second-order valence-electron chi connectivity index (χ2n) is 7.32. The van der Waals surface area contributed by atoms with E-state index in [1.165, 1.54) is 51.4 Å². The van der Waals surface area contributed by atoms with Gasteiger partial charge in [-0.25, -0.2) is 9.97 Å². The first-order valence-corrected chi connectivity index (χ1v) is 10.7. The molecule has 1 fully saturated rings. The maximum Gasteiger partial charge on any atom is 0.194 e. The second-order valence-corrected chi connectivity index (χ2v) is 8.04. The van der Waals surface area contributed by atoms with Crippen LogP contribution in [0.5, 0.6) is 5.75 Å². The number of hydrogen-bond donors (Lipinski definition) is 0. The summed E-state index contributed by atoms with van der Waals surface area (Å²) >= 11 is 12.4. The van der Waals surface area contributed by atoms with Crippen molar-refractivity contribution in [2.75, 3.05) is 6.61 Å². The number of aromatic nitrogens is 2. The molecule has 0 saturated heterocycles. The molecule has 0 aliphatic heterocycles. The summed E-state index contributed by atoms with van der Waals surface area (Å²) in [6, 6.07) is 0. The molecular weight excluding hydrogens is 355 g/mol. The third kappa shape index (κ3) is 6.94. The number of nitrogens with zero attached hydrogens (tertiary/aromatic N) is 2. The van der Waals surface area contributed by atoms with Crippen LogP contribution in [0.1, 0.15) is 83.9 Å². The van der Waals surface area contributed by atoms with E-state index in [0.717, 1.165) is 36.9 Å². The van der Waals surface area contributed by atoms with E-state index in [2.05, 4.69) is 16.9 Å². The van der Waals surface area contributed by atoms with E-state index in [1.807, 2.05) is 6.92 Å². The lowest BCUT2D eigenvalue weighted by molar-refractivity contribution is 0.248. The van der Waals surface area contributed by atoms with E-state index in [0.29, 0.717) is 22.7 Å². The maximum atomic E-state index is 6.21. The molecule has 5 heteroatoms. The predicted molar refractivity (Wildman–Crippen MR) is 106 cm³/mol. The molecule has 0 N–H and O–H groups in total. The highest BCUT2D eigenvalue weighted by atomic mass is 35.5. The van der Waals surface area contributed by atoms with Crippen molar-refractivity contribution in [1.29, 1.82) is 0 Å². The van der Waals surface area contributed by atoms with Crippen LogP contribution in [0.15, 0.2) is 0 Å².